The largest absolute Gasteiger partial charge is 0.494 e. The van der Waals surface area contributed by atoms with E-state index in [0.717, 1.165) is 12.1 Å². The van der Waals surface area contributed by atoms with Crippen molar-refractivity contribution in [2.24, 2.45) is 0 Å². The Kier molecular flexibility index (Phi) is 3.58. The summed E-state index contributed by atoms with van der Waals surface area (Å²) in [5, 5.41) is 17.3. The zero-order valence-electron chi connectivity index (χ0n) is 8.29. The number of nitriles is 2. The van der Waals surface area contributed by atoms with Crippen LogP contribution in [0.2, 0.25) is 0 Å². The summed E-state index contributed by atoms with van der Waals surface area (Å²) in [6.45, 7) is 0. The van der Waals surface area contributed by atoms with Gasteiger partial charge in [-0.2, -0.15) is 10.5 Å². The molecule has 0 saturated carbocycles. The Morgan fingerprint density at radius 1 is 1.25 bits per heavy atom. The highest BCUT2D eigenvalue weighted by Crippen LogP contribution is 2.22. The predicted octanol–water partition coefficient (Wildman–Crippen LogP) is 2.37. The summed E-state index contributed by atoms with van der Waals surface area (Å²) in [7, 11) is 1.20. The molecule has 0 aliphatic heterocycles. The molecule has 80 valence electrons. The van der Waals surface area contributed by atoms with Gasteiger partial charge in [0.25, 0.3) is 0 Å². The van der Waals surface area contributed by atoms with Crippen molar-refractivity contribution in [3.63, 3.8) is 0 Å². The van der Waals surface area contributed by atoms with Gasteiger partial charge in [-0.1, -0.05) is 0 Å². The predicted molar refractivity (Wildman–Crippen MR) is 51.5 cm³/mol. The van der Waals surface area contributed by atoms with E-state index < -0.39 is 11.6 Å². The second-order valence-electron chi connectivity index (χ2n) is 2.76. The minimum atomic E-state index is -0.889. The number of hydrogen-bond donors (Lipinski definition) is 0. The van der Waals surface area contributed by atoms with Crippen molar-refractivity contribution in [3.8, 4) is 12.1 Å². The molecule has 1 aromatic rings. The summed E-state index contributed by atoms with van der Waals surface area (Å²) in [4.78, 5) is 0. The van der Waals surface area contributed by atoms with Gasteiger partial charge in [0.1, 0.15) is 23.8 Å². The molecule has 0 fully saturated rings. The zero-order chi connectivity index (χ0) is 12.1. The van der Waals surface area contributed by atoms with Crippen LogP contribution in [0.4, 0.5) is 8.78 Å². The molecular weight excluding hydrogens is 214 g/mol. The fourth-order valence-electron chi connectivity index (χ4n) is 1.15. The molecule has 0 N–H and O–H groups in total. The Hall–Kier alpha value is -2.40. The highest BCUT2D eigenvalue weighted by molar-refractivity contribution is 5.70. The molecule has 0 aliphatic rings. The molecular formula is C11H6F2N2O. The van der Waals surface area contributed by atoms with Gasteiger partial charge >= 0.3 is 0 Å². The number of nitrogens with zero attached hydrogens (tertiary/aromatic N) is 2. The van der Waals surface area contributed by atoms with E-state index in [4.69, 9.17) is 15.3 Å². The van der Waals surface area contributed by atoms with Crippen molar-refractivity contribution in [2.75, 3.05) is 7.11 Å². The molecule has 16 heavy (non-hydrogen) atoms. The maximum atomic E-state index is 13.3. The fourth-order valence-corrected chi connectivity index (χ4v) is 1.15. The first-order valence-corrected chi connectivity index (χ1v) is 4.18. The van der Waals surface area contributed by atoms with Crippen LogP contribution in [0.1, 0.15) is 5.56 Å². The van der Waals surface area contributed by atoms with Crippen molar-refractivity contribution in [3.05, 3.63) is 41.0 Å². The molecule has 0 spiro atoms. The van der Waals surface area contributed by atoms with E-state index in [1.54, 1.807) is 12.1 Å². The molecule has 0 heterocycles. The van der Waals surface area contributed by atoms with Crippen molar-refractivity contribution >= 4 is 5.76 Å². The van der Waals surface area contributed by atoms with E-state index in [1.807, 2.05) is 0 Å². The lowest BCUT2D eigenvalue weighted by Crippen LogP contribution is -1.96. The summed E-state index contributed by atoms with van der Waals surface area (Å²) in [5.41, 5.74) is -0.491. The molecule has 1 rings (SSSR count). The minimum Gasteiger partial charge on any atom is -0.494 e. The van der Waals surface area contributed by atoms with Crippen LogP contribution in [-0.2, 0) is 4.74 Å². The van der Waals surface area contributed by atoms with Crippen molar-refractivity contribution < 1.29 is 13.5 Å². The Morgan fingerprint density at radius 3 is 2.31 bits per heavy atom. The van der Waals surface area contributed by atoms with Crippen LogP contribution < -0.4 is 0 Å². The smallest absolute Gasteiger partial charge is 0.172 e. The van der Waals surface area contributed by atoms with Crippen molar-refractivity contribution in [1.82, 2.24) is 0 Å². The van der Waals surface area contributed by atoms with E-state index in [-0.39, 0.29) is 16.9 Å². The molecule has 0 unspecified atom stereocenters. The van der Waals surface area contributed by atoms with Crippen LogP contribution in [0, 0.1) is 34.3 Å². The van der Waals surface area contributed by atoms with Crippen molar-refractivity contribution in [2.45, 2.75) is 0 Å². The van der Waals surface area contributed by atoms with Gasteiger partial charge in [0, 0.05) is 6.07 Å². The third-order valence-corrected chi connectivity index (χ3v) is 1.83. The van der Waals surface area contributed by atoms with Crippen LogP contribution in [0.15, 0.2) is 23.8 Å². The lowest BCUT2D eigenvalue weighted by atomic mass is 10.1. The second kappa shape index (κ2) is 4.90. The highest BCUT2D eigenvalue weighted by atomic mass is 19.1. The molecule has 0 aromatic heterocycles. The lowest BCUT2D eigenvalue weighted by Gasteiger charge is -2.07. The van der Waals surface area contributed by atoms with E-state index in [2.05, 4.69) is 0 Å². The number of benzene rings is 1. The highest BCUT2D eigenvalue weighted by Gasteiger charge is 2.14. The van der Waals surface area contributed by atoms with E-state index >= 15 is 0 Å². The van der Waals surface area contributed by atoms with Crippen molar-refractivity contribution in [1.29, 1.82) is 10.5 Å². The molecule has 5 heteroatoms. The Morgan fingerprint density at radius 2 is 1.88 bits per heavy atom. The third kappa shape index (κ3) is 2.15. The van der Waals surface area contributed by atoms with Gasteiger partial charge in [0.05, 0.1) is 12.7 Å². The Bertz CT molecular complexity index is 508. The quantitative estimate of drug-likeness (QED) is 0.567. The van der Waals surface area contributed by atoms with Gasteiger partial charge in [-0.05, 0) is 12.1 Å². The number of ether oxygens (including phenoxy) is 1. The number of allylic oxidation sites excluding steroid dienone is 1. The molecule has 0 atom stereocenters. The maximum Gasteiger partial charge on any atom is 0.172 e. The normalized spacial score (nSPS) is 8.81. The van der Waals surface area contributed by atoms with Crippen LogP contribution in [-0.4, -0.2) is 7.11 Å². The zero-order valence-corrected chi connectivity index (χ0v) is 8.29. The molecule has 0 bridgehead atoms. The number of halogens is 2. The number of rotatable bonds is 2. The van der Waals surface area contributed by atoms with Gasteiger partial charge in [-0.25, -0.2) is 8.78 Å². The minimum absolute atomic E-state index is 0.123. The van der Waals surface area contributed by atoms with Crippen LogP contribution >= 0.6 is 0 Å². The first-order valence-electron chi connectivity index (χ1n) is 4.18. The molecule has 3 nitrogen and oxygen atoms in total. The summed E-state index contributed by atoms with van der Waals surface area (Å²) in [5.74, 6) is -1.84. The Balaban J connectivity index is 3.43. The first kappa shape index (κ1) is 11.7. The standard InChI is InChI=1S/C11H6F2N2O/c1-16-11(7(5-14)6-15)9-3-2-8(12)4-10(9)13/h2-4H,1H3. The average molecular weight is 220 g/mol. The van der Waals surface area contributed by atoms with E-state index in [0.29, 0.717) is 6.07 Å². The maximum absolute atomic E-state index is 13.3. The fraction of sp³-hybridized carbons (Fsp3) is 0.0909. The number of hydrogen-bond acceptors (Lipinski definition) is 3. The van der Waals surface area contributed by atoms with Gasteiger partial charge in [-0.3, -0.25) is 0 Å². The van der Waals surface area contributed by atoms with Gasteiger partial charge in [0.2, 0.25) is 0 Å². The topological polar surface area (TPSA) is 56.8 Å². The van der Waals surface area contributed by atoms with Crippen LogP contribution in [0.25, 0.3) is 5.76 Å². The summed E-state index contributed by atoms with van der Waals surface area (Å²) in [6.07, 6.45) is 0. The lowest BCUT2D eigenvalue weighted by molar-refractivity contribution is 0.365. The summed E-state index contributed by atoms with van der Waals surface area (Å²) in [6, 6.07) is 5.93. The summed E-state index contributed by atoms with van der Waals surface area (Å²) >= 11 is 0. The van der Waals surface area contributed by atoms with Crippen LogP contribution in [0.5, 0.6) is 0 Å². The molecule has 1 aromatic carbocycles. The summed E-state index contributed by atoms with van der Waals surface area (Å²) < 4.78 is 30.8. The van der Waals surface area contributed by atoms with E-state index in [1.165, 1.54) is 7.11 Å². The third-order valence-electron chi connectivity index (χ3n) is 1.83. The molecule has 0 saturated heterocycles. The molecule has 0 radical (unpaired) electrons. The SMILES string of the molecule is COC(=C(C#N)C#N)c1ccc(F)cc1F. The van der Waals surface area contributed by atoms with Gasteiger partial charge in [-0.15, -0.1) is 0 Å². The van der Waals surface area contributed by atoms with Gasteiger partial charge < -0.3 is 4.74 Å². The Labute approximate surface area is 90.8 Å². The van der Waals surface area contributed by atoms with E-state index in [9.17, 15) is 8.78 Å². The number of methoxy groups -OCH3 is 1. The molecule has 0 aliphatic carbocycles. The second-order valence-corrected chi connectivity index (χ2v) is 2.76. The van der Waals surface area contributed by atoms with Crippen LogP contribution in [0.3, 0.4) is 0 Å². The average Bonchev–Trinajstić information content (AvgIpc) is 2.27. The van der Waals surface area contributed by atoms with Gasteiger partial charge in [0.15, 0.2) is 11.3 Å². The molecule has 0 amide bonds. The monoisotopic (exact) mass is 220 g/mol. The first-order chi connectivity index (χ1) is 7.63.